The predicted octanol–water partition coefficient (Wildman–Crippen LogP) is 6.69. The van der Waals surface area contributed by atoms with Crippen molar-refractivity contribution in [1.29, 1.82) is 0 Å². The van der Waals surface area contributed by atoms with Gasteiger partial charge in [-0.3, -0.25) is 9.59 Å². The van der Waals surface area contributed by atoms with Crippen LogP contribution in [0.3, 0.4) is 0 Å². The van der Waals surface area contributed by atoms with Gasteiger partial charge in [0.1, 0.15) is 11.8 Å². The number of ether oxygens (including phenoxy) is 1. The summed E-state index contributed by atoms with van der Waals surface area (Å²) in [5.74, 6) is -0.000796. The van der Waals surface area contributed by atoms with E-state index in [4.69, 9.17) is 27.9 Å². The minimum atomic E-state index is -0.769. The number of nitrogens with zero attached hydrogens (tertiary/aromatic N) is 1. The fraction of sp³-hybridized carbons (Fsp3) is 0.286. The zero-order valence-electron chi connectivity index (χ0n) is 20.2. The third kappa shape index (κ3) is 8.26. The lowest BCUT2D eigenvalue weighted by molar-refractivity contribution is -0.143. The first kappa shape index (κ1) is 28.0. The number of hydrogen-bond acceptors (Lipinski definition) is 3. The Labute approximate surface area is 230 Å². The van der Waals surface area contributed by atoms with Crippen molar-refractivity contribution in [2.75, 3.05) is 6.61 Å². The summed E-state index contributed by atoms with van der Waals surface area (Å²) in [4.78, 5) is 28.6. The zero-order valence-corrected chi connectivity index (χ0v) is 23.3. The third-order valence-corrected chi connectivity index (χ3v) is 6.92. The molecule has 3 rings (SSSR count). The van der Waals surface area contributed by atoms with Gasteiger partial charge in [-0.25, -0.2) is 0 Å². The van der Waals surface area contributed by atoms with Gasteiger partial charge in [0.05, 0.1) is 0 Å². The summed E-state index contributed by atoms with van der Waals surface area (Å²) in [6, 6.07) is 21.2. The molecule has 190 valence electrons. The highest BCUT2D eigenvalue weighted by atomic mass is 79.9. The molecule has 0 saturated carbocycles. The van der Waals surface area contributed by atoms with Gasteiger partial charge in [-0.05, 0) is 60.9 Å². The highest BCUT2D eigenvalue weighted by Crippen LogP contribution is 2.24. The van der Waals surface area contributed by atoms with Crippen LogP contribution in [-0.2, 0) is 22.6 Å². The first-order valence-electron chi connectivity index (χ1n) is 11.7. The molecule has 5 nitrogen and oxygen atoms in total. The van der Waals surface area contributed by atoms with E-state index in [0.717, 1.165) is 16.5 Å². The molecule has 0 aliphatic rings. The number of carbonyl (C=O) groups excluding carboxylic acids is 2. The SMILES string of the molecule is CC[C@H](C)NC(=O)[C@@H](Cc1ccccc1)N(Cc1ccc(Cl)cc1Cl)C(=O)COc1ccc(Br)cc1. The molecule has 0 radical (unpaired) electrons. The Bertz CT molecular complexity index is 1160. The van der Waals surface area contributed by atoms with Gasteiger partial charge in [-0.1, -0.05) is 82.5 Å². The second kappa shape index (κ2) is 13.7. The van der Waals surface area contributed by atoms with Crippen LogP contribution in [0, 0.1) is 0 Å². The van der Waals surface area contributed by atoms with E-state index in [1.54, 1.807) is 35.2 Å². The van der Waals surface area contributed by atoms with Gasteiger partial charge in [0.2, 0.25) is 5.91 Å². The molecule has 0 aromatic heterocycles. The molecule has 0 bridgehead atoms. The van der Waals surface area contributed by atoms with Crippen molar-refractivity contribution in [3.8, 4) is 5.75 Å². The van der Waals surface area contributed by atoms with Crippen LogP contribution in [0.5, 0.6) is 5.75 Å². The lowest BCUT2D eigenvalue weighted by atomic mass is 10.0. The topological polar surface area (TPSA) is 58.6 Å². The van der Waals surface area contributed by atoms with E-state index in [9.17, 15) is 9.59 Å². The Hall–Kier alpha value is -2.54. The van der Waals surface area contributed by atoms with Crippen LogP contribution in [-0.4, -0.2) is 35.4 Å². The Morgan fingerprint density at radius 1 is 1.03 bits per heavy atom. The number of nitrogens with one attached hydrogen (secondary N) is 1. The molecule has 0 spiro atoms. The zero-order chi connectivity index (χ0) is 26.1. The van der Waals surface area contributed by atoms with Crippen molar-refractivity contribution < 1.29 is 14.3 Å². The number of carbonyl (C=O) groups is 2. The lowest BCUT2D eigenvalue weighted by Crippen LogP contribution is -2.53. The maximum Gasteiger partial charge on any atom is 0.261 e. The fourth-order valence-corrected chi connectivity index (χ4v) is 4.32. The van der Waals surface area contributed by atoms with Crippen LogP contribution >= 0.6 is 39.1 Å². The molecule has 36 heavy (non-hydrogen) atoms. The minimum absolute atomic E-state index is 0.0362. The van der Waals surface area contributed by atoms with Crippen molar-refractivity contribution >= 4 is 50.9 Å². The average Bonchev–Trinajstić information content (AvgIpc) is 2.87. The summed E-state index contributed by atoms with van der Waals surface area (Å²) in [5, 5.41) is 3.96. The number of rotatable bonds is 11. The Morgan fingerprint density at radius 3 is 2.36 bits per heavy atom. The van der Waals surface area contributed by atoms with Crippen molar-refractivity contribution in [3.63, 3.8) is 0 Å². The molecule has 8 heteroatoms. The summed E-state index contributed by atoms with van der Waals surface area (Å²) in [7, 11) is 0. The number of halogens is 3. The number of amides is 2. The largest absolute Gasteiger partial charge is 0.484 e. The first-order valence-corrected chi connectivity index (χ1v) is 13.3. The summed E-state index contributed by atoms with van der Waals surface area (Å²) in [5.41, 5.74) is 1.63. The molecule has 0 saturated heterocycles. The van der Waals surface area contributed by atoms with E-state index in [1.807, 2.05) is 56.3 Å². The monoisotopic (exact) mass is 590 g/mol. The van der Waals surface area contributed by atoms with Gasteiger partial charge in [0.15, 0.2) is 6.61 Å². The summed E-state index contributed by atoms with van der Waals surface area (Å²) in [6.07, 6.45) is 1.12. The minimum Gasteiger partial charge on any atom is -0.484 e. The number of benzene rings is 3. The van der Waals surface area contributed by atoms with Gasteiger partial charge >= 0.3 is 0 Å². The molecule has 0 aliphatic carbocycles. The third-order valence-electron chi connectivity index (χ3n) is 5.80. The highest BCUT2D eigenvalue weighted by Gasteiger charge is 2.31. The van der Waals surface area contributed by atoms with Crippen LogP contribution in [0.15, 0.2) is 77.3 Å². The van der Waals surface area contributed by atoms with E-state index >= 15 is 0 Å². The van der Waals surface area contributed by atoms with Gasteiger partial charge in [0, 0.05) is 33.5 Å². The smallest absolute Gasteiger partial charge is 0.261 e. The normalized spacial score (nSPS) is 12.5. The lowest BCUT2D eigenvalue weighted by Gasteiger charge is -2.32. The van der Waals surface area contributed by atoms with Crippen LogP contribution in [0.25, 0.3) is 0 Å². The molecule has 3 aromatic rings. The van der Waals surface area contributed by atoms with E-state index in [1.165, 1.54) is 0 Å². The standard InChI is InChI=1S/C28H29BrCl2N2O3/c1-3-19(2)32-28(35)26(15-20-7-5-4-6-8-20)33(17-21-9-12-23(30)16-25(21)31)27(34)18-36-24-13-10-22(29)11-14-24/h4-14,16,19,26H,3,15,17-18H2,1-2H3,(H,32,35)/t19-,26+/m0/s1. The molecule has 1 N–H and O–H groups in total. The first-order chi connectivity index (χ1) is 17.3. The van der Waals surface area contributed by atoms with Gasteiger partial charge in [0.25, 0.3) is 5.91 Å². The van der Waals surface area contributed by atoms with Gasteiger partial charge < -0.3 is 15.0 Å². The van der Waals surface area contributed by atoms with Crippen molar-refractivity contribution in [2.24, 2.45) is 0 Å². The van der Waals surface area contributed by atoms with Gasteiger partial charge in [-0.2, -0.15) is 0 Å². The number of hydrogen-bond donors (Lipinski definition) is 1. The molecule has 0 aliphatic heterocycles. The van der Waals surface area contributed by atoms with E-state index in [2.05, 4.69) is 21.2 Å². The van der Waals surface area contributed by atoms with Gasteiger partial charge in [-0.15, -0.1) is 0 Å². The molecular formula is C28H29BrCl2N2O3. The average molecular weight is 592 g/mol. The fourth-order valence-electron chi connectivity index (χ4n) is 3.59. The van der Waals surface area contributed by atoms with Crippen LogP contribution < -0.4 is 10.1 Å². The van der Waals surface area contributed by atoms with E-state index in [-0.39, 0.29) is 31.0 Å². The highest BCUT2D eigenvalue weighted by molar-refractivity contribution is 9.10. The van der Waals surface area contributed by atoms with Crippen LogP contribution in [0.1, 0.15) is 31.4 Å². The van der Waals surface area contributed by atoms with E-state index < -0.39 is 6.04 Å². The quantitative estimate of drug-likeness (QED) is 0.270. The summed E-state index contributed by atoms with van der Waals surface area (Å²) < 4.78 is 6.68. The molecule has 0 fully saturated rings. The molecule has 2 atom stereocenters. The second-order valence-corrected chi connectivity index (χ2v) is 10.3. The predicted molar refractivity (Wildman–Crippen MR) is 148 cm³/mol. The summed E-state index contributed by atoms with van der Waals surface area (Å²) in [6.45, 7) is 3.84. The molecule has 2 amide bonds. The van der Waals surface area contributed by atoms with Crippen molar-refractivity contribution in [3.05, 3.63) is 98.4 Å². The Kier molecular flexibility index (Phi) is 10.7. The molecular weight excluding hydrogens is 563 g/mol. The maximum atomic E-state index is 13.6. The Balaban J connectivity index is 1.93. The molecule has 0 unspecified atom stereocenters. The Morgan fingerprint density at radius 2 is 1.72 bits per heavy atom. The second-order valence-electron chi connectivity index (χ2n) is 8.52. The van der Waals surface area contributed by atoms with E-state index in [0.29, 0.717) is 27.8 Å². The maximum absolute atomic E-state index is 13.6. The van der Waals surface area contributed by atoms with Crippen molar-refractivity contribution in [2.45, 2.75) is 45.3 Å². The van der Waals surface area contributed by atoms with Crippen LogP contribution in [0.2, 0.25) is 10.0 Å². The molecule has 3 aromatic carbocycles. The summed E-state index contributed by atoms with van der Waals surface area (Å²) >= 11 is 15.9. The van der Waals surface area contributed by atoms with Crippen LogP contribution in [0.4, 0.5) is 0 Å². The van der Waals surface area contributed by atoms with Crippen molar-refractivity contribution in [1.82, 2.24) is 10.2 Å². The molecule has 0 heterocycles.